The van der Waals surface area contributed by atoms with Crippen LogP contribution in [0, 0.1) is 0 Å². The second-order valence-corrected chi connectivity index (χ2v) is 5.65. The summed E-state index contributed by atoms with van der Waals surface area (Å²) in [6.07, 6.45) is -3.80. The Morgan fingerprint density at radius 2 is 1.62 bits per heavy atom. The van der Waals surface area contributed by atoms with Crippen molar-refractivity contribution in [2.75, 3.05) is 6.54 Å². The fourth-order valence-electron chi connectivity index (χ4n) is 2.45. The second-order valence-electron chi connectivity index (χ2n) is 5.65. The molecule has 134 valence electrons. The number of carbonyl (C=O) groups is 1. The van der Waals surface area contributed by atoms with E-state index in [9.17, 15) is 23.1 Å². The molecule has 0 radical (unpaired) electrons. The minimum absolute atomic E-state index is 0.138. The highest BCUT2D eigenvalue weighted by Crippen LogP contribution is 2.38. The number of aromatic nitrogens is 2. The maximum atomic E-state index is 13.4. The van der Waals surface area contributed by atoms with Crippen molar-refractivity contribution in [1.82, 2.24) is 15.3 Å². The van der Waals surface area contributed by atoms with Crippen LogP contribution in [0.1, 0.15) is 16.1 Å². The van der Waals surface area contributed by atoms with Gasteiger partial charge in [0.05, 0.1) is 23.8 Å². The number of alkyl halides is 3. The minimum Gasteiger partial charge on any atom is -0.375 e. The van der Waals surface area contributed by atoms with Gasteiger partial charge in [-0.2, -0.15) is 13.2 Å². The molecular weight excluding hydrogens is 347 g/mol. The first-order valence-electron chi connectivity index (χ1n) is 7.66. The highest BCUT2D eigenvalue weighted by atomic mass is 19.4. The molecule has 3 aromatic rings. The molecule has 2 N–H and O–H groups in total. The van der Waals surface area contributed by atoms with Gasteiger partial charge in [-0.05, 0) is 17.7 Å². The number of nitrogens with zero attached hydrogens (tertiary/aromatic N) is 2. The third-order valence-electron chi connectivity index (χ3n) is 3.91. The fraction of sp³-hybridized carbons (Fsp3) is 0.167. The molecule has 0 aliphatic heterocycles. The molecule has 0 aliphatic carbocycles. The fourth-order valence-corrected chi connectivity index (χ4v) is 2.45. The van der Waals surface area contributed by atoms with Crippen LogP contribution < -0.4 is 5.32 Å². The van der Waals surface area contributed by atoms with E-state index < -0.39 is 24.2 Å². The van der Waals surface area contributed by atoms with Crippen molar-refractivity contribution in [2.45, 2.75) is 11.8 Å². The number of nitrogens with one attached hydrogen (secondary N) is 1. The quantitative estimate of drug-likeness (QED) is 0.749. The van der Waals surface area contributed by atoms with Gasteiger partial charge >= 0.3 is 6.18 Å². The van der Waals surface area contributed by atoms with Crippen molar-refractivity contribution in [3.05, 3.63) is 72.1 Å². The highest BCUT2D eigenvalue weighted by Gasteiger charge is 2.55. The van der Waals surface area contributed by atoms with Crippen LogP contribution in [0.4, 0.5) is 13.2 Å². The number of halogens is 3. The Labute approximate surface area is 146 Å². The Bertz CT molecular complexity index is 932. The molecule has 0 bridgehead atoms. The second kappa shape index (κ2) is 6.72. The molecule has 5 nitrogen and oxygen atoms in total. The lowest BCUT2D eigenvalue weighted by atomic mass is 9.93. The first-order valence-corrected chi connectivity index (χ1v) is 7.66. The Kier molecular flexibility index (Phi) is 4.60. The summed E-state index contributed by atoms with van der Waals surface area (Å²) in [4.78, 5) is 20.3. The molecule has 26 heavy (non-hydrogen) atoms. The molecule has 1 amide bonds. The molecule has 8 heteroatoms. The van der Waals surface area contributed by atoms with Gasteiger partial charge in [0.25, 0.3) is 5.91 Å². The standard InChI is InChI=1S/C18H14F3N3O2/c19-18(20,21)17(26,12-6-2-1-3-7-12)11-23-16(25)15-10-22-13-8-4-5-9-14(13)24-15/h1-10,26H,11H2,(H,23,25). The van der Waals surface area contributed by atoms with Gasteiger partial charge in [-0.1, -0.05) is 42.5 Å². The molecule has 0 aliphatic rings. The average molecular weight is 361 g/mol. The van der Waals surface area contributed by atoms with E-state index in [-0.39, 0.29) is 11.3 Å². The maximum Gasteiger partial charge on any atom is 0.423 e. The van der Waals surface area contributed by atoms with Gasteiger partial charge in [-0.3, -0.25) is 9.78 Å². The van der Waals surface area contributed by atoms with Crippen molar-refractivity contribution in [2.24, 2.45) is 0 Å². The van der Waals surface area contributed by atoms with E-state index in [1.807, 2.05) is 0 Å². The normalized spacial score (nSPS) is 14.0. The van der Waals surface area contributed by atoms with Crippen LogP contribution in [0.15, 0.2) is 60.8 Å². The number of para-hydroxylation sites is 2. The molecule has 0 saturated heterocycles. The number of aliphatic hydroxyl groups is 1. The summed E-state index contributed by atoms with van der Waals surface area (Å²) in [6.45, 7) is -1.05. The van der Waals surface area contributed by atoms with E-state index in [4.69, 9.17) is 0 Å². The largest absolute Gasteiger partial charge is 0.423 e. The molecule has 1 atom stereocenters. The zero-order valence-electron chi connectivity index (χ0n) is 13.4. The number of hydrogen-bond acceptors (Lipinski definition) is 4. The molecule has 1 heterocycles. The summed E-state index contributed by atoms with van der Waals surface area (Å²) in [5, 5.41) is 12.3. The summed E-state index contributed by atoms with van der Waals surface area (Å²) in [5.74, 6) is -0.859. The summed E-state index contributed by atoms with van der Waals surface area (Å²) in [6, 6.07) is 13.4. The van der Waals surface area contributed by atoms with Gasteiger partial charge in [0.2, 0.25) is 5.60 Å². The summed E-state index contributed by atoms with van der Waals surface area (Å²) >= 11 is 0. The van der Waals surface area contributed by atoms with Gasteiger partial charge in [0, 0.05) is 0 Å². The van der Waals surface area contributed by atoms with Crippen molar-refractivity contribution in [3.63, 3.8) is 0 Å². The van der Waals surface area contributed by atoms with Crippen molar-refractivity contribution in [3.8, 4) is 0 Å². The average Bonchev–Trinajstić information content (AvgIpc) is 2.65. The molecule has 1 unspecified atom stereocenters. The SMILES string of the molecule is O=C(NCC(O)(c1ccccc1)C(F)(F)F)c1cnc2ccccc2n1. The summed E-state index contributed by atoms with van der Waals surface area (Å²) in [7, 11) is 0. The predicted molar refractivity (Wildman–Crippen MR) is 88.3 cm³/mol. The number of benzene rings is 2. The molecule has 3 rings (SSSR count). The van der Waals surface area contributed by atoms with E-state index in [0.29, 0.717) is 11.0 Å². The maximum absolute atomic E-state index is 13.4. The van der Waals surface area contributed by atoms with E-state index in [1.54, 1.807) is 24.3 Å². The van der Waals surface area contributed by atoms with Crippen LogP contribution in [0.3, 0.4) is 0 Å². The summed E-state index contributed by atoms with van der Waals surface area (Å²) in [5.41, 5.74) is -2.72. The Hall–Kier alpha value is -3.00. The van der Waals surface area contributed by atoms with Crippen LogP contribution in [-0.2, 0) is 5.60 Å². The van der Waals surface area contributed by atoms with E-state index in [1.165, 1.54) is 24.4 Å². The van der Waals surface area contributed by atoms with Crippen LogP contribution >= 0.6 is 0 Å². The number of amides is 1. The molecular formula is C18H14F3N3O2. The number of fused-ring (bicyclic) bond motifs is 1. The first kappa shape index (κ1) is 17.8. The third kappa shape index (κ3) is 3.36. The number of hydrogen-bond donors (Lipinski definition) is 2. The van der Waals surface area contributed by atoms with Gasteiger partial charge in [0.1, 0.15) is 5.69 Å². The molecule has 0 spiro atoms. The zero-order chi connectivity index (χ0) is 18.8. The minimum atomic E-state index is -4.98. The van der Waals surface area contributed by atoms with Gasteiger partial charge in [0.15, 0.2) is 0 Å². The van der Waals surface area contributed by atoms with Crippen LogP contribution in [0.2, 0.25) is 0 Å². The zero-order valence-corrected chi connectivity index (χ0v) is 13.4. The molecule has 0 fully saturated rings. The van der Waals surface area contributed by atoms with Crippen molar-refractivity contribution >= 4 is 16.9 Å². The van der Waals surface area contributed by atoms with Crippen LogP contribution in [0.25, 0.3) is 11.0 Å². The Morgan fingerprint density at radius 3 is 2.27 bits per heavy atom. The molecule has 0 saturated carbocycles. The predicted octanol–water partition coefficient (Wildman–Crippen LogP) is 2.81. The van der Waals surface area contributed by atoms with Gasteiger partial charge < -0.3 is 10.4 Å². The molecule has 1 aromatic heterocycles. The van der Waals surface area contributed by atoms with Crippen molar-refractivity contribution in [1.29, 1.82) is 0 Å². The lowest BCUT2D eigenvalue weighted by Crippen LogP contribution is -2.51. The lowest BCUT2D eigenvalue weighted by molar-refractivity contribution is -0.263. The third-order valence-corrected chi connectivity index (χ3v) is 3.91. The van der Waals surface area contributed by atoms with Gasteiger partial charge in [-0.25, -0.2) is 4.98 Å². The van der Waals surface area contributed by atoms with Crippen molar-refractivity contribution < 1.29 is 23.1 Å². The van der Waals surface area contributed by atoms with E-state index in [0.717, 1.165) is 12.1 Å². The molecule has 2 aromatic carbocycles. The van der Waals surface area contributed by atoms with Gasteiger partial charge in [-0.15, -0.1) is 0 Å². The lowest BCUT2D eigenvalue weighted by Gasteiger charge is -2.31. The number of carbonyl (C=O) groups excluding carboxylic acids is 1. The van der Waals surface area contributed by atoms with Crippen LogP contribution in [-0.4, -0.2) is 33.7 Å². The van der Waals surface area contributed by atoms with Crippen LogP contribution in [0.5, 0.6) is 0 Å². The van der Waals surface area contributed by atoms with E-state index >= 15 is 0 Å². The smallest absolute Gasteiger partial charge is 0.375 e. The topological polar surface area (TPSA) is 75.1 Å². The number of rotatable bonds is 4. The highest BCUT2D eigenvalue weighted by molar-refractivity contribution is 5.93. The monoisotopic (exact) mass is 361 g/mol. The Balaban J connectivity index is 1.83. The Morgan fingerprint density at radius 1 is 1.00 bits per heavy atom. The van der Waals surface area contributed by atoms with E-state index in [2.05, 4.69) is 15.3 Å². The summed E-state index contributed by atoms with van der Waals surface area (Å²) < 4.78 is 40.3. The first-order chi connectivity index (χ1) is 12.3.